The third-order valence-corrected chi connectivity index (χ3v) is 3.30. The number of nitrogens with zero attached hydrogens (tertiary/aromatic N) is 4. The first-order chi connectivity index (χ1) is 12.3. The zero-order chi connectivity index (χ0) is 18.7. The summed E-state index contributed by atoms with van der Waals surface area (Å²) in [6, 6.07) is 7.86. The number of rotatable bonds is 4. The Morgan fingerprint density at radius 1 is 1.12 bits per heavy atom. The number of halogens is 3. The van der Waals surface area contributed by atoms with Gasteiger partial charge in [0.25, 0.3) is 5.91 Å². The molecular formula is C16H12F3N5O2. The van der Waals surface area contributed by atoms with Gasteiger partial charge < -0.3 is 10.1 Å². The van der Waals surface area contributed by atoms with Crippen LogP contribution in [0.4, 0.5) is 18.9 Å². The zero-order valence-electron chi connectivity index (χ0n) is 13.4. The highest BCUT2D eigenvalue weighted by molar-refractivity contribution is 6.02. The molecule has 3 aromatic rings. The maximum absolute atomic E-state index is 12.1. The van der Waals surface area contributed by atoms with Gasteiger partial charge in [0.05, 0.1) is 0 Å². The molecule has 1 aromatic carbocycles. The number of amides is 1. The van der Waals surface area contributed by atoms with Crippen LogP contribution in [0.15, 0.2) is 48.8 Å². The van der Waals surface area contributed by atoms with Crippen molar-refractivity contribution in [1.82, 2.24) is 19.7 Å². The number of nitrogens with one attached hydrogen (secondary N) is 1. The smallest absolute Gasteiger partial charge is 0.406 e. The lowest BCUT2D eigenvalue weighted by atomic mass is 10.3. The van der Waals surface area contributed by atoms with Gasteiger partial charge in [-0.2, -0.15) is 0 Å². The van der Waals surface area contributed by atoms with Gasteiger partial charge in [0.1, 0.15) is 11.6 Å². The summed E-state index contributed by atoms with van der Waals surface area (Å²) < 4.78 is 41.8. The van der Waals surface area contributed by atoms with Gasteiger partial charge in [-0.3, -0.25) is 9.36 Å². The fourth-order valence-electron chi connectivity index (χ4n) is 2.13. The van der Waals surface area contributed by atoms with E-state index < -0.39 is 12.3 Å². The molecule has 2 heterocycles. The first kappa shape index (κ1) is 17.4. The number of hydrogen-bond donors (Lipinski definition) is 1. The van der Waals surface area contributed by atoms with Crippen LogP contribution in [0.3, 0.4) is 0 Å². The van der Waals surface area contributed by atoms with Crippen molar-refractivity contribution in [3.05, 3.63) is 60.3 Å². The second-order valence-electron chi connectivity index (χ2n) is 5.15. The van der Waals surface area contributed by atoms with Crippen LogP contribution in [0, 0.1) is 6.92 Å². The Morgan fingerprint density at radius 2 is 1.85 bits per heavy atom. The lowest BCUT2D eigenvalue weighted by Crippen LogP contribution is -2.17. The number of aromatic nitrogens is 4. The molecule has 0 aliphatic rings. The summed E-state index contributed by atoms with van der Waals surface area (Å²) in [5.41, 5.74) is 0.350. The lowest BCUT2D eigenvalue weighted by molar-refractivity contribution is -0.274. The number of imidazole rings is 1. The minimum absolute atomic E-state index is 0.0575. The number of aryl methyl sites for hydroxylation is 1. The molecule has 10 heteroatoms. The Morgan fingerprint density at radius 3 is 2.38 bits per heavy atom. The average Bonchev–Trinajstić information content (AvgIpc) is 3.01. The van der Waals surface area contributed by atoms with Crippen molar-refractivity contribution in [3.63, 3.8) is 0 Å². The Labute approximate surface area is 145 Å². The number of hydrogen-bond acceptors (Lipinski definition) is 5. The van der Waals surface area contributed by atoms with Gasteiger partial charge in [0, 0.05) is 18.1 Å². The molecule has 134 valence electrons. The van der Waals surface area contributed by atoms with Crippen molar-refractivity contribution in [2.24, 2.45) is 0 Å². The van der Waals surface area contributed by atoms with E-state index in [1.54, 1.807) is 30.0 Å². The molecule has 1 N–H and O–H groups in total. The maximum atomic E-state index is 12.1. The minimum atomic E-state index is -4.77. The molecule has 0 atom stereocenters. The Bertz CT molecular complexity index is 905. The van der Waals surface area contributed by atoms with Gasteiger partial charge in [-0.05, 0) is 43.3 Å². The van der Waals surface area contributed by atoms with Crippen molar-refractivity contribution in [2.45, 2.75) is 13.3 Å². The van der Waals surface area contributed by atoms with Crippen molar-refractivity contribution in [1.29, 1.82) is 0 Å². The highest BCUT2D eigenvalue weighted by Crippen LogP contribution is 2.24. The summed E-state index contributed by atoms with van der Waals surface area (Å²) in [5.74, 6) is 0.300. The van der Waals surface area contributed by atoms with E-state index in [4.69, 9.17) is 0 Å². The van der Waals surface area contributed by atoms with Gasteiger partial charge >= 0.3 is 6.36 Å². The van der Waals surface area contributed by atoms with E-state index in [9.17, 15) is 18.0 Å². The van der Waals surface area contributed by atoms with Crippen LogP contribution < -0.4 is 10.1 Å². The number of benzene rings is 1. The molecule has 0 aliphatic heterocycles. The molecule has 0 saturated carbocycles. The number of alkyl halides is 3. The number of carbonyl (C=O) groups is 1. The zero-order valence-corrected chi connectivity index (χ0v) is 13.4. The molecule has 0 bridgehead atoms. The molecule has 0 spiro atoms. The lowest BCUT2D eigenvalue weighted by Gasteiger charge is -2.10. The van der Waals surface area contributed by atoms with E-state index >= 15 is 0 Å². The summed E-state index contributed by atoms with van der Waals surface area (Å²) >= 11 is 0. The summed E-state index contributed by atoms with van der Waals surface area (Å²) in [4.78, 5) is 16.2. The van der Waals surface area contributed by atoms with Crippen LogP contribution in [0.25, 0.3) is 5.82 Å². The number of anilines is 1. The summed E-state index contributed by atoms with van der Waals surface area (Å²) in [6.07, 6.45) is -1.44. The molecule has 1 amide bonds. The standard InChI is InChI=1S/C16H12F3N5O2/c1-10-20-8-9-24(10)14-7-6-13(22-23-14)15(25)21-11-2-4-12(5-3-11)26-16(17,18)19/h2-9H,1H3,(H,21,25). The molecule has 0 fully saturated rings. The van der Waals surface area contributed by atoms with E-state index in [2.05, 4.69) is 25.2 Å². The van der Waals surface area contributed by atoms with Gasteiger partial charge in [0.15, 0.2) is 11.5 Å². The van der Waals surface area contributed by atoms with E-state index in [0.29, 0.717) is 11.5 Å². The summed E-state index contributed by atoms with van der Waals surface area (Å²) in [7, 11) is 0. The number of ether oxygens (including phenoxy) is 1. The fraction of sp³-hybridized carbons (Fsp3) is 0.125. The molecular weight excluding hydrogens is 351 g/mol. The minimum Gasteiger partial charge on any atom is -0.406 e. The van der Waals surface area contributed by atoms with E-state index in [-0.39, 0.29) is 11.4 Å². The summed E-state index contributed by atoms with van der Waals surface area (Å²) in [5, 5.41) is 10.3. The molecule has 0 radical (unpaired) electrons. The molecule has 0 unspecified atom stereocenters. The van der Waals surface area contributed by atoms with Crippen LogP contribution in [-0.2, 0) is 0 Å². The van der Waals surface area contributed by atoms with E-state index in [1.165, 1.54) is 18.2 Å². The third kappa shape index (κ3) is 4.15. The fourth-order valence-corrected chi connectivity index (χ4v) is 2.13. The third-order valence-electron chi connectivity index (χ3n) is 3.30. The van der Waals surface area contributed by atoms with Crippen LogP contribution in [0.1, 0.15) is 16.3 Å². The van der Waals surface area contributed by atoms with Crippen LogP contribution in [-0.4, -0.2) is 32.0 Å². The van der Waals surface area contributed by atoms with Crippen molar-refractivity contribution in [3.8, 4) is 11.6 Å². The van der Waals surface area contributed by atoms with Gasteiger partial charge in [-0.25, -0.2) is 4.98 Å². The second kappa shape index (κ2) is 6.82. The van der Waals surface area contributed by atoms with Gasteiger partial charge in [-0.15, -0.1) is 23.4 Å². The monoisotopic (exact) mass is 363 g/mol. The van der Waals surface area contributed by atoms with Crippen molar-refractivity contribution >= 4 is 11.6 Å². The SMILES string of the molecule is Cc1nccn1-c1ccc(C(=O)Nc2ccc(OC(F)(F)F)cc2)nn1. The van der Waals surface area contributed by atoms with Gasteiger partial charge in [-0.1, -0.05) is 0 Å². The normalized spacial score (nSPS) is 11.2. The van der Waals surface area contributed by atoms with Crippen LogP contribution >= 0.6 is 0 Å². The first-order valence-corrected chi connectivity index (χ1v) is 7.33. The maximum Gasteiger partial charge on any atom is 0.573 e. The topological polar surface area (TPSA) is 81.9 Å². The average molecular weight is 363 g/mol. The molecule has 7 nitrogen and oxygen atoms in total. The second-order valence-corrected chi connectivity index (χ2v) is 5.15. The van der Waals surface area contributed by atoms with Crippen molar-refractivity contribution in [2.75, 3.05) is 5.32 Å². The quantitative estimate of drug-likeness (QED) is 0.770. The van der Waals surface area contributed by atoms with E-state index in [1.807, 2.05) is 0 Å². The Kier molecular flexibility index (Phi) is 4.57. The highest BCUT2D eigenvalue weighted by Gasteiger charge is 2.30. The summed E-state index contributed by atoms with van der Waals surface area (Å²) in [6.45, 7) is 1.80. The molecule has 0 saturated heterocycles. The van der Waals surface area contributed by atoms with Crippen molar-refractivity contribution < 1.29 is 22.7 Å². The largest absolute Gasteiger partial charge is 0.573 e. The molecule has 0 aliphatic carbocycles. The Balaban J connectivity index is 1.67. The Hall–Kier alpha value is -3.43. The van der Waals surface area contributed by atoms with E-state index in [0.717, 1.165) is 18.0 Å². The first-order valence-electron chi connectivity index (χ1n) is 7.33. The number of carbonyl (C=O) groups excluding carboxylic acids is 1. The highest BCUT2D eigenvalue weighted by atomic mass is 19.4. The van der Waals surface area contributed by atoms with Crippen LogP contribution in [0.2, 0.25) is 0 Å². The van der Waals surface area contributed by atoms with Crippen LogP contribution in [0.5, 0.6) is 5.75 Å². The molecule has 3 rings (SSSR count). The molecule has 26 heavy (non-hydrogen) atoms. The molecule has 2 aromatic heterocycles. The predicted octanol–water partition coefficient (Wildman–Crippen LogP) is 3.12. The van der Waals surface area contributed by atoms with Gasteiger partial charge in [0.2, 0.25) is 0 Å². The predicted molar refractivity (Wildman–Crippen MR) is 85.0 cm³/mol.